The summed E-state index contributed by atoms with van der Waals surface area (Å²) in [6.45, 7) is 1.72. The van der Waals surface area contributed by atoms with Crippen LogP contribution in [0.4, 0.5) is 0 Å². The van der Waals surface area contributed by atoms with E-state index in [0.717, 1.165) is 11.6 Å². The number of hydrogen-bond donors (Lipinski definition) is 1. The fourth-order valence-electron chi connectivity index (χ4n) is 1.94. The van der Waals surface area contributed by atoms with E-state index in [1.165, 1.54) is 12.1 Å². The van der Waals surface area contributed by atoms with E-state index in [1.807, 2.05) is 30.3 Å². The summed E-state index contributed by atoms with van der Waals surface area (Å²) >= 11 is 11.3. The van der Waals surface area contributed by atoms with Crippen LogP contribution in [0.15, 0.2) is 53.4 Å². The molecule has 0 aromatic heterocycles. The van der Waals surface area contributed by atoms with Crippen LogP contribution in [0.3, 0.4) is 0 Å². The zero-order valence-corrected chi connectivity index (χ0v) is 13.9. The van der Waals surface area contributed by atoms with Gasteiger partial charge in [0.25, 0.3) is 5.24 Å². The van der Waals surface area contributed by atoms with Crippen LogP contribution in [0.2, 0.25) is 5.02 Å². The largest absolute Gasteiger partial charge is 0.276 e. The van der Waals surface area contributed by atoms with Gasteiger partial charge >= 0.3 is 0 Å². The monoisotopic (exact) mass is 357 g/mol. The van der Waals surface area contributed by atoms with E-state index < -0.39 is 21.3 Å². The first kappa shape index (κ1) is 17.0. The molecule has 0 saturated heterocycles. The Morgan fingerprint density at radius 2 is 1.77 bits per heavy atom. The van der Waals surface area contributed by atoms with Crippen LogP contribution in [0.25, 0.3) is 0 Å². The lowest BCUT2D eigenvalue weighted by Crippen LogP contribution is -2.27. The summed E-state index contributed by atoms with van der Waals surface area (Å²) in [5.74, 6) is 0. The minimum atomic E-state index is -3.89. The van der Waals surface area contributed by atoms with Gasteiger partial charge in [-0.3, -0.25) is 4.79 Å². The summed E-state index contributed by atoms with van der Waals surface area (Å²) in [6.07, 6.45) is 0. The molecule has 22 heavy (non-hydrogen) atoms. The van der Waals surface area contributed by atoms with Crippen molar-refractivity contribution in [2.24, 2.45) is 0 Å². The molecule has 2 aromatic rings. The third-order valence-electron chi connectivity index (χ3n) is 3.08. The summed E-state index contributed by atoms with van der Waals surface area (Å²) in [6, 6.07) is 12.5. The summed E-state index contributed by atoms with van der Waals surface area (Å²) < 4.78 is 27.5. The molecule has 4 nitrogen and oxygen atoms in total. The summed E-state index contributed by atoms with van der Waals surface area (Å²) in [7, 11) is -3.89. The Bertz CT molecular complexity index is 792. The molecular weight excluding hydrogens is 345 g/mol. The zero-order chi connectivity index (χ0) is 16.3. The molecule has 0 bridgehead atoms. The molecule has 7 heteroatoms. The number of carbonyl (C=O) groups is 1. The van der Waals surface area contributed by atoms with E-state index in [0.29, 0.717) is 0 Å². The minimum Gasteiger partial charge on any atom is -0.276 e. The van der Waals surface area contributed by atoms with Crippen molar-refractivity contribution in [3.05, 3.63) is 64.7 Å². The Balaban J connectivity index is 2.35. The number of hydrogen-bond acceptors (Lipinski definition) is 3. The number of benzene rings is 2. The molecule has 0 spiro atoms. The molecule has 0 aliphatic rings. The number of halogens is 2. The molecule has 2 rings (SSSR count). The Kier molecular flexibility index (Phi) is 5.24. The van der Waals surface area contributed by atoms with Crippen LogP contribution in [-0.2, 0) is 10.0 Å². The maximum atomic E-state index is 12.5. The number of nitrogens with one attached hydrogen (secondary N) is 1. The molecule has 1 atom stereocenters. The highest BCUT2D eigenvalue weighted by Gasteiger charge is 2.22. The average molecular weight is 358 g/mol. The van der Waals surface area contributed by atoms with Crippen LogP contribution < -0.4 is 4.72 Å². The summed E-state index contributed by atoms with van der Waals surface area (Å²) in [4.78, 5) is 11.0. The van der Waals surface area contributed by atoms with Gasteiger partial charge in [-0.15, -0.1) is 0 Å². The molecule has 0 aliphatic carbocycles. The van der Waals surface area contributed by atoms with E-state index >= 15 is 0 Å². The molecule has 0 radical (unpaired) electrons. The quantitative estimate of drug-likeness (QED) is 0.828. The second-order valence-electron chi connectivity index (χ2n) is 4.67. The van der Waals surface area contributed by atoms with Crippen molar-refractivity contribution in [1.82, 2.24) is 4.72 Å². The number of sulfonamides is 1. The Hall–Kier alpha value is -1.40. The molecule has 0 aliphatic heterocycles. The molecule has 0 saturated carbocycles. The van der Waals surface area contributed by atoms with Crippen LogP contribution in [0.5, 0.6) is 0 Å². The molecule has 116 valence electrons. The number of rotatable bonds is 5. The van der Waals surface area contributed by atoms with Crippen molar-refractivity contribution < 1.29 is 13.2 Å². The van der Waals surface area contributed by atoms with Crippen molar-refractivity contribution >= 4 is 38.5 Å². The molecule has 0 heterocycles. The first-order valence-electron chi connectivity index (χ1n) is 6.38. The summed E-state index contributed by atoms with van der Waals surface area (Å²) in [5.41, 5.74) is 0.880. The van der Waals surface area contributed by atoms with Crippen molar-refractivity contribution in [2.45, 2.75) is 17.9 Å². The smallest absolute Gasteiger partial charge is 0.252 e. The number of carbonyl (C=O) groups excluding carboxylic acids is 1. The maximum absolute atomic E-state index is 12.5. The molecule has 0 fully saturated rings. The Morgan fingerprint density at radius 1 is 1.14 bits per heavy atom. The highest BCUT2D eigenvalue weighted by Crippen LogP contribution is 2.25. The van der Waals surface area contributed by atoms with Gasteiger partial charge in [-0.25, -0.2) is 13.1 Å². The van der Waals surface area contributed by atoms with Gasteiger partial charge in [-0.2, -0.15) is 0 Å². The molecule has 1 unspecified atom stereocenters. The molecule has 1 N–H and O–H groups in total. The van der Waals surface area contributed by atoms with Gasteiger partial charge in [0, 0.05) is 11.6 Å². The van der Waals surface area contributed by atoms with Crippen LogP contribution >= 0.6 is 23.2 Å². The van der Waals surface area contributed by atoms with Gasteiger partial charge in [0.15, 0.2) is 0 Å². The maximum Gasteiger partial charge on any atom is 0.252 e. The summed E-state index contributed by atoms with van der Waals surface area (Å²) in [5, 5.41) is -0.723. The van der Waals surface area contributed by atoms with E-state index in [4.69, 9.17) is 23.2 Å². The molecular formula is C15H13Cl2NO3S. The van der Waals surface area contributed by atoms with Gasteiger partial charge < -0.3 is 0 Å². The zero-order valence-electron chi connectivity index (χ0n) is 11.6. The van der Waals surface area contributed by atoms with E-state index in [-0.39, 0.29) is 15.5 Å². The highest BCUT2D eigenvalue weighted by molar-refractivity contribution is 7.89. The molecule has 2 aromatic carbocycles. The second-order valence-corrected chi connectivity index (χ2v) is 7.11. The fourth-order valence-corrected chi connectivity index (χ4v) is 3.81. The van der Waals surface area contributed by atoms with Crippen molar-refractivity contribution in [2.75, 3.05) is 0 Å². The Labute approximate surface area is 139 Å². The van der Waals surface area contributed by atoms with Gasteiger partial charge in [0.1, 0.15) is 4.90 Å². The second kappa shape index (κ2) is 6.79. The lowest BCUT2D eigenvalue weighted by atomic mass is 10.1. The standard InChI is InChI=1S/C15H13Cl2NO3S/c1-10(11-5-3-2-4-6-11)18-22(20,21)14-9-12(15(17)19)7-8-13(14)16/h2-10,18H,1H3. The first-order chi connectivity index (χ1) is 10.3. The van der Waals surface area contributed by atoms with Gasteiger partial charge in [0.2, 0.25) is 10.0 Å². The fraction of sp³-hybridized carbons (Fsp3) is 0.133. The van der Waals surface area contributed by atoms with Gasteiger partial charge in [0.05, 0.1) is 5.02 Å². The van der Waals surface area contributed by atoms with Crippen molar-refractivity contribution in [1.29, 1.82) is 0 Å². The van der Waals surface area contributed by atoms with Crippen LogP contribution in [0.1, 0.15) is 28.9 Å². The van der Waals surface area contributed by atoms with Gasteiger partial charge in [-0.1, -0.05) is 41.9 Å². The SMILES string of the molecule is CC(NS(=O)(=O)c1cc(C(=O)Cl)ccc1Cl)c1ccccc1. The predicted octanol–water partition coefficient (Wildman–Crippen LogP) is 3.76. The van der Waals surface area contributed by atoms with Gasteiger partial charge in [-0.05, 0) is 42.3 Å². The normalized spacial score (nSPS) is 12.9. The van der Waals surface area contributed by atoms with Crippen LogP contribution in [0, 0.1) is 0 Å². The van der Waals surface area contributed by atoms with E-state index in [1.54, 1.807) is 6.92 Å². The van der Waals surface area contributed by atoms with E-state index in [9.17, 15) is 13.2 Å². The predicted molar refractivity (Wildman–Crippen MR) is 86.8 cm³/mol. The van der Waals surface area contributed by atoms with Crippen molar-refractivity contribution in [3.8, 4) is 0 Å². The topological polar surface area (TPSA) is 63.2 Å². The average Bonchev–Trinajstić information content (AvgIpc) is 2.47. The van der Waals surface area contributed by atoms with Crippen molar-refractivity contribution in [3.63, 3.8) is 0 Å². The van der Waals surface area contributed by atoms with E-state index in [2.05, 4.69) is 4.72 Å². The first-order valence-corrected chi connectivity index (χ1v) is 8.62. The third-order valence-corrected chi connectivity index (χ3v) is 5.32. The minimum absolute atomic E-state index is 0.0226. The Morgan fingerprint density at radius 3 is 2.36 bits per heavy atom. The highest BCUT2D eigenvalue weighted by atomic mass is 35.5. The van der Waals surface area contributed by atoms with Crippen LogP contribution in [-0.4, -0.2) is 13.7 Å². The lowest BCUT2D eigenvalue weighted by molar-refractivity contribution is 0.108. The molecule has 0 amide bonds. The third kappa shape index (κ3) is 3.87. The lowest BCUT2D eigenvalue weighted by Gasteiger charge is -2.15.